The predicted octanol–water partition coefficient (Wildman–Crippen LogP) is 1.75. The number of anilines is 1. The zero-order chi connectivity index (χ0) is 18.9. The second-order valence-corrected chi connectivity index (χ2v) is 6.24. The number of hydrogen-bond donors (Lipinski definition) is 0. The van der Waals surface area contributed by atoms with Gasteiger partial charge >= 0.3 is 12.2 Å². The van der Waals surface area contributed by atoms with Gasteiger partial charge in [-0.05, 0) is 25.0 Å². The molecule has 1 aromatic heterocycles. The molecule has 0 aromatic carbocycles. The zero-order valence-corrected chi connectivity index (χ0v) is 13.7. The number of piperidine rings is 1. The van der Waals surface area contributed by atoms with Crippen molar-refractivity contribution in [2.24, 2.45) is 0 Å². The average molecular weight is 367 g/mol. The minimum Gasteiger partial charge on any atom is -0.356 e. The molecular formula is C16H16F3N5O2. The lowest BCUT2D eigenvalue weighted by Crippen LogP contribution is -2.47. The maximum atomic E-state index is 12.5. The van der Waals surface area contributed by atoms with Crippen LogP contribution in [0, 0.1) is 11.3 Å². The molecule has 26 heavy (non-hydrogen) atoms. The zero-order valence-electron chi connectivity index (χ0n) is 13.7. The molecule has 0 unspecified atom stereocenters. The van der Waals surface area contributed by atoms with Crippen molar-refractivity contribution in [1.29, 1.82) is 5.26 Å². The van der Waals surface area contributed by atoms with Crippen LogP contribution in [0.25, 0.3) is 0 Å². The highest BCUT2D eigenvalue weighted by Crippen LogP contribution is 2.27. The number of carbonyl (C=O) groups excluding carboxylic acids is 2. The Labute approximate surface area is 147 Å². The fourth-order valence-electron chi connectivity index (χ4n) is 3.25. The van der Waals surface area contributed by atoms with Crippen molar-refractivity contribution < 1.29 is 22.8 Å². The Bertz CT molecular complexity index is 753. The Kier molecular flexibility index (Phi) is 4.71. The number of rotatable bonds is 3. The number of nitrogens with zero attached hydrogens (tertiary/aromatic N) is 5. The van der Waals surface area contributed by atoms with Crippen molar-refractivity contribution in [3.05, 3.63) is 23.9 Å². The first-order chi connectivity index (χ1) is 12.3. The summed E-state index contributed by atoms with van der Waals surface area (Å²) >= 11 is 0. The van der Waals surface area contributed by atoms with Crippen LogP contribution in [0.3, 0.4) is 0 Å². The van der Waals surface area contributed by atoms with Crippen molar-refractivity contribution in [2.75, 3.05) is 31.1 Å². The molecule has 2 aliphatic rings. The average Bonchev–Trinajstić information content (AvgIpc) is 2.89. The van der Waals surface area contributed by atoms with Crippen LogP contribution in [0.2, 0.25) is 0 Å². The molecule has 0 radical (unpaired) electrons. The van der Waals surface area contributed by atoms with E-state index in [1.807, 2.05) is 11.0 Å². The van der Waals surface area contributed by atoms with Crippen molar-refractivity contribution >= 4 is 17.8 Å². The third-order valence-electron chi connectivity index (χ3n) is 4.52. The summed E-state index contributed by atoms with van der Waals surface area (Å²) in [6.45, 7) is -0.805. The number of carbonyl (C=O) groups is 2. The lowest BCUT2D eigenvalue weighted by atomic mass is 10.0. The predicted molar refractivity (Wildman–Crippen MR) is 84.1 cm³/mol. The Morgan fingerprint density at radius 2 is 1.96 bits per heavy atom. The summed E-state index contributed by atoms with van der Waals surface area (Å²) in [4.78, 5) is 31.6. The van der Waals surface area contributed by atoms with Crippen LogP contribution in [-0.2, 0) is 4.79 Å². The molecule has 3 rings (SSSR count). The van der Waals surface area contributed by atoms with Crippen LogP contribution in [-0.4, -0.2) is 65.1 Å². The van der Waals surface area contributed by atoms with E-state index in [1.165, 1.54) is 11.1 Å². The summed E-state index contributed by atoms with van der Waals surface area (Å²) in [5.41, 5.74) is 0.486. The first-order valence-corrected chi connectivity index (χ1v) is 8.07. The number of urea groups is 1. The van der Waals surface area contributed by atoms with E-state index in [-0.39, 0.29) is 17.5 Å². The molecule has 10 heteroatoms. The molecule has 2 saturated heterocycles. The molecule has 1 aromatic rings. The van der Waals surface area contributed by atoms with Gasteiger partial charge < -0.3 is 9.80 Å². The van der Waals surface area contributed by atoms with E-state index in [0.717, 1.165) is 0 Å². The number of pyridine rings is 1. The Morgan fingerprint density at radius 3 is 2.58 bits per heavy atom. The molecule has 7 nitrogen and oxygen atoms in total. The lowest BCUT2D eigenvalue weighted by molar-refractivity contribution is -0.151. The van der Waals surface area contributed by atoms with E-state index in [4.69, 9.17) is 5.26 Å². The fourth-order valence-corrected chi connectivity index (χ4v) is 3.25. The van der Waals surface area contributed by atoms with Gasteiger partial charge in [0.2, 0.25) is 0 Å². The summed E-state index contributed by atoms with van der Waals surface area (Å²) in [7, 11) is 0. The van der Waals surface area contributed by atoms with Crippen LogP contribution in [0.1, 0.15) is 18.4 Å². The molecule has 0 spiro atoms. The highest BCUT2D eigenvalue weighted by atomic mass is 19.4. The van der Waals surface area contributed by atoms with Crippen LogP contribution >= 0.6 is 0 Å². The van der Waals surface area contributed by atoms with Crippen molar-refractivity contribution in [3.8, 4) is 6.07 Å². The van der Waals surface area contributed by atoms with E-state index in [2.05, 4.69) is 4.98 Å². The molecule has 0 bridgehead atoms. The Balaban J connectivity index is 1.62. The fraction of sp³-hybridized carbons (Fsp3) is 0.500. The topological polar surface area (TPSA) is 80.5 Å². The minimum atomic E-state index is -4.61. The van der Waals surface area contributed by atoms with Gasteiger partial charge in [-0.2, -0.15) is 18.4 Å². The molecule has 3 heterocycles. The normalized spacial score (nSPS) is 19.2. The number of hydrogen-bond acceptors (Lipinski definition) is 5. The van der Waals surface area contributed by atoms with Gasteiger partial charge in [0.1, 0.15) is 18.9 Å². The summed E-state index contributed by atoms with van der Waals surface area (Å²) in [6.07, 6.45) is -2.05. The number of aromatic nitrogens is 1. The third kappa shape index (κ3) is 3.71. The molecule has 0 saturated carbocycles. The first-order valence-electron chi connectivity index (χ1n) is 8.07. The first kappa shape index (κ1) is 18.0. The highest BCUT2D eigenvalue weighted by Gasteiger charge is 2.45. The second kappa shape index (κ2) is 6.82. The van der Waals surface area contributed by atoms with E-state index in [1.54, 1.807) is 12.1 Å². The number of imide groups is 1. The van der Waals surface area contributed by atoms with Crippen molar-refractivity contribution in [1.82, 2.24) is 14.8 Å². The maximum absolute atomic E-state index is 12.5. The van der Waals surface area contributed by atoms with E-state index in [0.29, 0.717) is 37.3 Å². The van der Waals surface area contributed by atoms with Gasteiger partial charge in [-0.1, -0.05) is 0 Å². The highest BCUT2D eigenvalue weighted by molar-refractivity contribution is 6.02. The van der Waals surface area contributed by atoms with Gasteiger partial charge in [0.15, 0.2) is 0 Å². The monoisotopic (exact) mass is 367 g/mol. The molecule has 138 valence electrons. The Hall–Kier alpha value is -2.83. The summed E-state index contributed by atoms with van der Waals surface area (Å²) in [5.74, 6) is -0.178. The Morgan fingerprint density at radius 1 is 1.27 bits per heavy atom. The summed E-state index contributed by atoms with van der Waals surface area (Å²) < 4.78 is 37.6. The second-order valence-electron chi connectivity index (χ2n) is 6.24. The quantitative estimate of drug-likeness (QED) is 0.761. The van der Waals surface area contributed by atoms with E-state index in [9.17, 15) is 22.8 Å². The van der Waals surface area contributed by atoms with Gasteiger partial charge in [0.05, 0.1) is 11.6 Å². The van der Waals surface area contributed by atoms with E-state index >= 15 is 0 Å². The van der Waals surface area contributed by atoms with E-state index < -0.39 is 24.7 Å². The number of alkyl halides is 3. The van der Waals surface area contributed by atoms with Gasteiger partial charge in [0.25, 0.3) is 5.91 Å². The van der Waals surface area contributed by atoms with Gasteiger partial charge in [-0.3, -0.25) is 9.69 Å². The molecule has 2 fully saturated rings. The number of halogens is 3. The molecule has 0 N–H and O–H groups in total. The van der Waals surface area contributed by atoms with Crippen LogP contribution in [0.15, 0.2) is 18.3 Å². The van der Waals surface area contributed by atoms with Crippen LogP contribution in [0.5, 0.6) is 0 Å². The van der Waals surface area contributed by atoms with Crippen molar-refractivity contribution in [2.45, 2.75) is 25.1 Å². The SMILES string of the molecule is N#Cc1ccnc(N2CCC(N3CC(=O)N(CC(F)(F)F)C3=O)CC2)c1. The summed E-state index contributed by atoms with van der Waals surface area (Å²) in [6, 6.07) is 4.13. The van der Waals surface area contributed by atoms with Gasteiger partial charge in [-0.15, -0.1) is 0 Å². The maximum Gasteiger partial charge on any atom is 0.406 e. The molecule has 0 aliphatic carbocycles. The number of nitriles is 1. The standard InChI is InChI=1S/C16H16F3N5O2/c17-16(18,19)10-24-14(25)9-23(15(24)26)12-2-5-22(6-3-12)13-7-11(8-20)1-4-21-13/h1,4,7,12H,2-3,5-6,9-10H2. The lowest BCUT2D eigenvalue weighted by Gasteiger charge is -2.36. The molecule has 0 atom stereocenters. The smallest absolute Gasteiger partial charge is 0.356 e. The van der Waals surface area contributed by atoms with Crippen LogP contribution < -0.4 is 4.90 Å². The van der Waals surface area contributed by atoms with Crippen molar-refractivity contribution in [3.63, 3.8) is 0 Å². The number of amides is 3. The largest absolute Gasteiger partial charge is 0.406 e. The molecule has 3 amide bonds. The van der Waals surface area contributed by atoms with Crippen LogP contribution in [0.4, 0.5) is 23.8 Å². The van der Waals surface area contributed by atoms with Gasteiger partial charge in [-0.25, -0.2) is 9.78 Å². The molecule has 2 aliphatic heterocycles. The van der Waals surface area contributed by atoms with Gasteiger partial charge in [0, 0.05) is 25.3 Å². The minimum absolute atomic E-state index is 0.268. The molecular weight excluding hydrogens is 351 g/mol. The summed E-state index contributed by atoms with van der Waals surface area (Å²) in [5, 5.41) is 8.95. The third-order valence-corrected chi connectivity index (χ3v) is 4.52.